The molecule has 29 heavy (non-hydrogen) atoms. The lowest BCUT2D eigenvalue weighted by Gasteiger charge is -2.22. The van der Waals surface area contributed by atoms with Gasteiger partial charge in [0.15, 0.2) is 0 Å². The number of benzene rings is 2. The van der Waals surface area contributed by atoms with Gasteiger partial charge in [0.2, 0.25) is 0 Å². The van der Waals surface area contributed by atoms with E-state index in [2.05, 4.69) is 4.90 Å². The molecule has 0 spiro atoms. The topological polar surface area (TPSA) is 60.9 Å². The van der Waals surface area contributed by atoms with E-state index >= 15 is 0 Å². The Balaban J connectivity index is 1.76. The van der Waals surface area contributed by atoms with Crippen LogP contribution in [0.4, 0.5) is 5.69 Å². The molecule has 1 fully saturated rings. The van der Waals surface area contributed by atoms with Crippen molar-refractivity contribution in [1.29, 1.82) is 0 Å². The number of likely N-dealkylation sites (N-methyl/N-ethyl adjacent to an activating group) is 1. The number of likely N-dealkylation sites (tertiary alicyclic amines) is 1. The predicted molar refractivity (Wildman–Crippen MR) is 116 cm³/mol. The maximum Gasteiger partial charge on any atom is 0.264 e. The molecule has 3 rings (SSSR count). The first-order valence-corrected chi connectivity index (χ1v) is 11.4. The van der Waals surface area contributed by atoms with E-state index in [9.17, 15) is 13.2 Å². The van der Waals surface area contributed by atoms with Crippen molar-refractivity contribution in [2.75, 3.05) is 44.6 Å². The minimum Gasteiger partial charge on any atom is -0.340 e. The van der Waals surface area contributed by atoms with Crippen molar-refractivity contribution in [3.8, 4) is 0 Å². The van der Waals surface area contributed by atoms with Crippen molar-refractivity contribution in [2.45, 2.75) is 17.7 Å². The van der Waals surface area contributed by atoms with Crippen molar-refractivity contribution < 1.29 is 13.2 Å². The van der Waals surface area contributed by atoms with Crippen molar-refractivity contribution in [1.82, 2.24) is 9.80 Å². The van der Waals surface area contributed by atoms with Gasteiger partial charge in [0, 0.05) is 37.8 Å². The average molecular weight is 436 g/mol. The third-order valence-corrected chi connectivity index (χ3v) is 7.22. The molecule has 1 saturated heterocycles. The molecule has 0 radical (unpaired) electrons. The van der Waals surface area contributed by atoms with Gasteiger partial charge >= 0.3 is 0 Å². The quantitative estimate of drug-likeness (QED) is 0.669. The van der Waals surface area contributed by atoms with Crippen LogP contribution < -0.4 is 4.31 Å². The summed E-state index contributed by atoms with van der Waals surface area (Å²) in [6.07, 6.45) is 2.41. The normalized spacial score (nSPS) is 14.7. The van der Waals surface area contributed by atoms with Crippen molar-refractivity contribution in [2.24, 2.45) is 0 Å². The van der Waals surface area contributed by atoms with Crippen LogP contribution in [0.5, 0.6) is 0 Å². The third-order valence-electron chi connectivity index (χ3n) is 5.21. The number of halogens is 1. The number of nitrogens with zero attached hydrogens (tertiary/aromatic N) is 3. The molecule has 1 amide bonds. The summed E-state index contributed by atoms with van der Waals surface area (Å²) in [6.45, 7) is 3.59. The monoisotopic (exact) mass is 435 g/mol. The number of sulfonamides is 1. The molecule has 0 atom stereocenters. The number of amides is 1. The van der Waals surface area contributed by atoms with Gasteiger partial charge in [-0.3, -0.25) is 9.10 Å². The zero-order valence-electron chi connectivity index (χ0n) is 16.7. The van der Waals surface area contributed by atoms with E-state index in [1.807, 2.05) is 0 Å². The van der Waals surface area contributed by atoms with Crippen LogP contribution in [0.25, 0.3) is 0 Å². The number of hydrogen-bond acceptors (Lipinski definition) is 4. The molecule has 156 valence electrons. The van der Waals surface area contributed by atoms with Gasteiger partial charge in [-0.15, -0.1) is 0 Å². The fraction of sp³-hybridized carbons (Fsp3) is 0.381. The highest BCUT2D eigenvalue weighted by Crippen LogP contribution is 2.25. The van der Waals surface area contributed by atoms with Crippen LogP contribution in [0.1, 0.15) is 23.2 Å². The van der Waals surface area contributed by atoms with Crippen LogP contribution in [0.15, 0.2) is 53.4 Å². The Labute approximate surface area is 177 Å². The third kappa shape index (κ3) is 5.10. The molecule has 0 aliphatic carbocycles. The summed E-state index contributed by atoms with van der Waals surface area (Å²) in [5.74, 6) is -0.188. The first-order valence-electron chi connectivity index (χ1n) is 9.61. The van der Waals surface area contributed by atoms with Crippen LogP contribution in [-0.4, -0.2) is 64.4 Å². The summed E-state index contributed by atoms with van der Waals surface area (Å²) in [7, 11) is -0.603. The highest BCUT2D eigenvalue weighted by molar-refractivity contribution is 7.92. The lowest BCUT2D eigenvalue weighted by Crippen LogP contribution is -2.35. The summed E-state index contributed by atoms with van der Waals surface area (Å²) in [4.78, 5) is 16.8. The highest BCUT2D eigenvalue weighted by atomic mass is 35.5. The maximum atomic E-state index is 13.0. The average Bonchev–Trinajstić information content (AvgIpc) is 3.24. The molecule has 6 nitrogen and oxygen atoms in total. The van der Waals surface area contributed by atoms with Crippen molar-refractivity contribution in [3.05, 3.63) is 59.1 Å². The molecule has 0 unspecified atom stereocenters. The molecule has 0 saturated carbocycles. The molecular formula is C21H26ClN3O3S. The van der Waals surface area contributed by atoms with E-state index in [4.69, 9.17) is 11.6 Å². The number of carbonyl (C=O) groups is 1. The molecule has 1 aliphatic rings. The van der Waals surface area contributed by atoms with Crippen LogP contribution in [0.3, 0.4) is 0 Å². The molecule has 0 N–H and O–H groups in total. The standard InChI is InChI=1S/C21H26ClN3O3S/c1-23(13-14-25-11-3-4-12-25)21(26)17-7-5-10-20(15-17)29(27,28)24(2)19-9-6-8-18(22)16-19/h5-10,15-16H,3-4,11-14H2,1-2H3. The van der Waals surface area contributed by atoms with Crippen LogP contribution >= 0.6 is 11.6 Å². The Morgan fingerprint density at radius 2 is 1.76 bits per heavy atom. The Hall–Kier alpha value is -2.09. The summed E-state index contributed by atoms with van der Waals surface area (Å²) in [5, 5.41) is 0.452. The minimum absolute atomic E-state index is 0.0683. The van der Waals surface area contributed by atoms with Gasteiger partial charge in [-0.2, -0.15) is 0 Å². The lowest BCUT2D eigenvalue weighted by molar-refractivity contribution is 0.0782. The first kappa shape index (κ1) is 21.6. The van der Waals surface area contributed by atoms with Gasteiger partial charge in [-0.25, -0.2) is 8.42 Å². The number of carbonyl (C=O) groups excluding carboxylic acids is 1. The summed E-state index contributed by atoms with van der Waals surface area (Å²) in [6, 6.07) is 12.8. The van der Waals surface area contributed by atoms with Gasteiger partial charge in [-0.05, 0) is 62.3 Å². The van der Waals surface area contributed by atoms with Gasteiger partial charge in [-0.1, -0.05) is 23.7 Å². The van der Waals surface area contributed by atoms with E-state index < -0.39 is 10.0 Å². The summed E-state index contributed by atoms with van der Waals surface area (Å²) < 4.78 is 27.2. The molecule has 8 heteroatoms. The van der Waals surface area contributed by atoms with Gasteiger partial charge in [0.1, 0.15) is 0 Å². The van der Waals surface area contributed by atoms with E-state index in [1.165, 1.54) is 36.3 Å². The molecule has 0 aromatic heterocycles. The molecule has 0 bridgehead atoms. The Kier molecular flexibility index (Phi) is 6.82. The highest BCUT2D eigenvalue weighted by Gasteiger charge is 2.23. The summed E-state index contributed by atoms with van der Waals surface area (Å²) >= 11 is 5.99. The number of anilines is 1. The fourth-order valence-electron chi connectivity index (χ4n) is 3.38. The Bertz CT molecular complexity index is 975. The lowest BCUT2D eigenvalue weighted by atomic mass is 10.2. The van der Waals surface area contributed by atoms with E-state index in [-0.39, 0.29) is 10.8 Å². The fourth-order valence-corrected chi connectivity index (χ4v) is 4.80. The van der Waals surface area contributed by atoms with Gasteiger partial charge < -0.3 is 9.80 Å². The number of hydrogen-bond donors (Lipinski definition) is 0. The molecular weight excluding hydrogens is 410 g/mol. The largest absolute Gasteiger partial charge is 0.340 e. The second kappa shape index (κ2) is 9.15. The molecule has 2 aromatic rings. The smallest absolute Gasteiger partial charge is 0.264 e. The summed E-state index contributed by atoms with van der Waals surface area (Å²) in [5.41, 5.74) is 0.812. The molecule has 1 aliphatic heterocycles. The zero-order valence-corrected chi connectivity index (χ0v) is 18.3. The van der Waals surface area contributed by atoms with Gasteiger partial charge in [0.25, 0.3) is 15.9 Å². The Morgan fingerprint density at radius 3 is 2.45 bits per heavy atom. The van der Waals surface area contributed by atoms with E-state index in [0.717, 1.165) is 19.6 Å². The van der Waals surface area contributed by atoms with E-state index in [0.29, 0.717) is 22.8 Å². The van der Waals surface area contributed by atoms with Crippen LogP contribution in [0, 0.1) is 0 Å². The molecule has 1 heterocycles. The van der Waals surface area contributed by atoms with E-state index in [1.54, 1.807) is 48.3 Å². The maximum absolute atomic E-state index is 13.0. The number of rotatable bonds is 7. The second-order valence-electron chi connectivity index (χ2n) is 7.26. The second-order valence-corrected chi connectivity index (χ2v) is 9.66. The minimum atomic E-state index is -3.82. The van der Waals surface area contributed by atoms with Crippen molar-refractivity contribution >= 4 is 33.2 Å². The van der Waals surface area contributed by atoms with Crippen LogP contribution in [0.2, 0.25) is 5.02 Å². The van der Waals surface area contributed by atoms with Crippen molar-refractivity contribution in [3.63, 3.8) is 0 Å². The predicted octanol–water partition coefficient (Wildman–Crippen LogP) is 3.33. The SMILES string of the molecule is CN(CCN1CCCC1)C(=O)c1cccc(S(=O)(=O)N(C)c2cccc(Cl)c2)c1. The Morgan fingerprint density at radius 1 is 1.07 bits per heavy atom. The van der Waals surface area contributed by atoms with Crippen LogP contribution in [-0.2, 0) is 10.0 Å². The van der Waals surface area contributed by atoms with Gasteiger partial charge in [0.05, 0.1) is 10.6 Å². The first-order chi connectivity index (χ1) is 13.8. The molecule has 2 aromatic carbocycles. The zero-order chi connectivity index (χ0) is 21.0.